The van der Waals surface area contributed by atoms with Crippen molar-refractivity contribution in [3.63, 3.8) is 0 Å². The van der Waals surface area contributed by atoms with E-state index in [9.17, 15) is 13.2 Å². The molecule has 0 spiro atoms. The van der Waals surface area contributed by atoms with Gasteiger partial charge in [0.25, 0.3) is 5.91 Å². The van der Waals surface area contributed by atoms with Crippen LogP contribution in [0.25, 0.3) is 11.3 Å². The first-order valence-corrected chi connectivity index (χ1v) is 11.4. The van der Waals surface area contributed by atoms with Gasteiger partial charge in [0, 0.05) is 30.1 Å². The van der Waals surface area contributed by atoms with E-state index in [-0.39, 0.29) is 16.4 Å². The maximum atomic E-state index is 12.7. The van der Waals surface area contributed by atoms with E-state index in [1.165, 1.54) is 37.6 Å². The largest absolute Gasteiger partial charge is 0.298 e. The van der Waals surface area contributed by atoms with Crippen molar-refractivity contribution < 1.29 is 13.2 Å². The molecule has 0 fully saturated rings. The summed E-state index contributed by atoms with van der Waals surface area (Å²) in [4.78, 5) is 18.5. The third-order valence-corrected chi connectivity index (χ3v) is 7.40. The Balaban J connectivity index is 1.91. The quantitative estimate of drug-likeness (QED) is 0.628. The number of aromatic nitrogens is 1. The number of benzene rings is 2. The van der Waals surface area contributed by atoms with Crippen molar-refractivity contribution in [2.75, 3.05) is 19.4 Å². The molecule has 0 aliphatic carbocycles. The average molecular weight is 430 g/mol. The van der Waals surface area contributed by atoms with E-state index >= 15 is 0 Å². The summed E-state index contributed by atoms with van der Waals surface area (Å²) in [6, 6.07) is 15.8. The number of amides is 1. The monoisotopic (exact) mass is 429 g/mol. The molecule has 0 bridgehead atoms. The second-order valence-electron chi connectivity index (χ2n) is 7.02. The Bertz CT molecular complexity index is 1120. The van der Waals surface area contributed by atoms with Crippen LogP contribution in [0.5, 0.6) is 0 Å². The number of carbonyl (C=O) groups excluding carboxylic acids is 1. The third kappa shape index (κ3) is 4.55. The second-order valence-corrected chi connectivity index (χ2v) is 10.2. The molecule has 0 aliphatic heterocycles. The van der Waals surface area contributed by atoms with Gasteiger partial charge < -0.3 is 0 Å². The predicted octanol–water partition coefficient (Wildman–Crippen LogP) is 4.44. The standard InChI is InChI=1S/C21H23N3O3S2/c1-14(2)19-18(15-9-6-5-7-10-15)22-21(28-19)23-20(25)16-11-8-12-17(13-16)29(26,27)24(3)4/h5-14H,1-4H3,(H,22,23,25). The number of nitrogens with one attached hydrogen (secondary N) is 1. The summed E-state index contributed by atoms with van der Waals surface area (Å²) in [5, 5.41) is 3.30. The number of anilines is 1. The fourth-order valence-corrected chi connectivity index (χ4v) is 4.69. The zero-order valence-electron chi connectivity index (χ0n) is 16.7. The molecule has 1 aromatic heterocycles. The van der Waals surface area contributed by atoms with Crippen molar-refractivity contribution in [1.29, 1.82) is 0 Å². The van der Waals surface area contributed by atoms with Crippen molar-refractivity contribution in [1.82, 2.24) is 9.29 Å². The summed E-state index contributed by atoms with van der Waals surface area (Å²) in [6.07, 6.45) is 0. The molecule has 6 nitrogen and oxygen atoms in total. The maximum Gasteiger partial charge on any atom is 0.257 e. The average Bonchev–Trinajstić information content (AvgIpc) is 3.13. The van der Waals surface area contributed by atoms with Crippen molar-refractivity contribution in [3.8, 4) is 11.3 Å². The molecule has 0 unspecified atom stereocenters. The van der Waals surface area contributed by atoms with Gasteiger partial charge in [-0.1, -0.05) is 50.2 Å². The topological polar surface area (TPSA) is 79.4 Å². The summed E-state index contributed by atoms with van der Waals surface area (Å²) >= 11 is 1.43. The first kappa shape index (κ1) is 21.2. The Morgan fingerprint density at radius 1 is 1.07 bits per heavy atom. The molecular formula is C21H23N3O3S2. The molecule has 3 aromatic rings. The van der Waals surface area contributed by atoms with Crippen LogP contribution in [0.4, 0.5) is 5.13 Å². The van der Waals surface area contributed by atoms with Crippen LogP contribution in [0.1, 0.15) is 35.0 Å². The van der Waals surface area contributed by atoms with E-state index in [0.717, 1.165) is 20.4 Å². The number of thiazole rings is 1. The lowest BCUT2D eigenvalue weighted by molar-refractivity contribution is 0.102. The smallest absolute Gasteiger partial charge is 0.257 e. The van der Waals surface area contributed by atoms with E-state index in [0.29, 0.717) is 5.13 Å². The maximum absolute atomic E-state index is 12.7. The zero-order valence-corrected chi connectivity index (χ0v) is 18.3. The van der Waals surface area contributed by atoms with Crippen molar-refractivity contribution in [2.45, 2.75) is 24.7 Å². The molecular weight excluding hydrogens is 406 g/mol. The normalized spacial score (nSPS) is 11.8. The van der Waals surface area contributed by atoms with Gasteiger partial charge in [-0.05, 0) is 24.1 Å². The van der Waals surface area contributed by atoms with E-state index in [2.05, 4.69) is 24.1 Å². The minimum atomic E-state index is -3.62. The molecule has 2 aromatic carbocycles. The van der Waals surface area contributed by atoms with E-state index in [1.807, 2.05) is 30.3 Å². The number of carbonyl (C=O) groups is 1. The molecule has 29 heavy (non-hydrogen) atoms. The van der Waals surface area contributed by atoms with Gasteiger partial charge in [0.2, 0.25) is 10.0 Å². The number of hydrogen-bond donors (Lipinski definition) is 1. The molecule has 8 heteroatoms. The van der Waals surface area contributed by atoms with Crippen molar-refractivity contribution in [3.05, 3.63) is 65.0 Å². The minimum Gasteiger partial charge on any atom is -0.298 e. The third-order valence-electron chi connectivity index (χ3n) is 4.32. The summed E-state index contributed by atoms with van der Waals surface area (Å²) in [6.45, 7) is 4.17. The zero-order chi connectivity index (χ0) is 21.2. The highest BCUT2D eigenvalue weighted by molar-refractivity contribution is 7.89. The molecule has 1 heterocycles. The van der Waals surface area contributed by atoms with Crippen LogP contribution in [0.15, 0.2) is 59.5 Å². The van der Waals surface area contributed by atoms with Crippen LogP contribution in [-0.2, 0) is 10.0 Å². The van der Waals surface area contributed by atoms with E-state index in [4.69, 9.17) is 0 Å². The van der Waals surface area contributed by atoms with Crippen molar-refractivity contribution in [2.24, 2.45) is 0 Å². The van der Waals surface area contributed by atoms with Crippen molar-refractivity contribution >= 4 is 32.4 Å². The van der Waals surface area contributed by atoms with Gasteiger partial charge >= 0.3 is 0 Å². The van der Waals surface area contributed by atoms with Gasteiger partial charge in [0.05, 0.1) is 10.6 Å². The van der Waals surface area contributed by atoms with E-state index in [1.54, 1.807) is 12.1 Å². The summed E-state index contributed by atoms with van der Waals surface area (Å²) < 4.78 is 25.8. The second kappa shape index (κ2) is 8.44. The first-order chi connectivity index (χ1) is 13.7. The number of sulfonamides is 1. The lowest BCUT2D eigenvalue weighted by Gasteiger charge is -2.12. The number of nitrogens with zero attached hydrogens (tertiary/aromatic N) is 2. The van der Waals surface area contributed by atoms with Gasteiger partial charge in [-0.2, -0.15) is 0 Å². The summed E-state index contributed by atoms with van der Waals surface area (Å²) in [5.74, 6) is -0.147. The molecule has 0 saturated heterocycles. The highest BCUT2D eigenvalue weighted by atomic mass is 32.2. The molecule has 0 saturated carbocycles. The number of hydrogen-bond acceptors (Lipinski definition) is 5. The number of rotatable bonds is 6. The van der Waals surface area contributed by atoms with Gasteiger partial charge in [-0.25, -0.2) is 17.7 Å². The predicted molar refractivity (Wildman–Crippen MR) is 117 cm³/mol. The SMILES string of the molecule is CC(C)c1sc(NC(=O)c2cccc(S(=O)(=O)N(C)C)c2)nc1-c1ccccc1. The molecule has 0 radical (unpaired) electrons. The molecule has 3 rings (SSSR count). The lowest BCUT2D eigenvalue weighted by atomic mass is 10.1. The minimum absolute atomic E-state index is 0.0714. The van der Waals surface area contributed by atoms with E-state index < -0.39 is 15.9 Å². The van der Waals surface area contributed by atoms with Crippen LogP contribution in [0, 0.1) is 0 Å². The highest BCUT2D eigenvalue weighted by Gasteiger charge is 2.20. The molecule has 1 N–H and O–H groups in total. The fraction of sp³-hybridized carbons (Fsp3) is 0.238. The Morgan fingerprint density at radius 2 is 1.76 bits per heavy atom. The van der Waals surface area contributed by atoms with Crippen LogP contribution >= 0.6 is 11.3 Å². The van der Waals surface area contributed by atoms with Crippen LogP contribution in [0.3, 0.4) is 0 Å². The van der Waals surface area contributed by atoms with Gasteiger partial charge in [0.1, 0.15) is 0 Å². The highest BCUT2D eigenvalue weighted by Crippen LogP contribution is 2.36. The Labute approximate surface area is 175 Å². The lowest BCUT2D eigenvalue weighted by Crippen LogP contribution is -2.22. The first-order valence-electron chi connectivity index (χ1n) is 9.10. The Hall–Kier alpha value is -2.55. The molecule has 152 valence electrons. The molecule has 1 amide bonds. The molecule has 0 aliphatic rings. The summed E-state index contributed by atoms with van der Waals surface area (Å²) in [7, 11) is -0.706. The van der Waals surface area contributed by atoms with Gasteiger partial charge in [-0.3, -0.25) is 10.1 Å². The van der Waals surface area contributed by atoms with Gasteiger partial charge in [-0.15, -0.1) is 11.3 Å². The molecule has 0 atom stereocenters. The fourth-order valence-electron chi connectivity index (χ4n) is 2.76. The van der Waals surface area contributed by atoms with Crippen LogP contribution < -0.4 is 5.32 Å². The Kier molecular flexibility index (Phi) is 6.16. The Morgan fingerprint density at radius 3 is 2.38 bits per heavy atom. The van der Waals surface area contributed by atoms with Gasteiger partial charge in [0.15, 0.2) is 5.13 Å². The van der Waals surface area contributed by atoms with Crippen LogP contribution in [-0.4, -0.2) is 37.7 Å². The summed E-state index contributed by atoms with van der Waals surface area (Å²) in [5.41, 5.74) is 2.10. The van der Waals surface area contributed by atoms with Crippen LogP contribution in [0.2, 0.25) is 0 Å².